The number of piperidine rings is 1. The van der Waals surface area contributed by atoms with Crippen LogP contribution >= 0.6 is 24.0 Å². The van der Waals surface area contributed by atoms with Gasteiger partial charge in [-0.15, -0.1) is 12.4 Å². The van der Waals surface area contributed by atoms with Gasteiger partial charge < -0.3 is 15.4 Å². The summed E-state index contributed by atoms with van der Waals surface area (Å²) in [5.74, 6) is 0.439. The van der Waals surface area contributed by atoms with Crippen molar-refractivity contribution in [3.8, 4) is 5.75 Å². The van der Waals surface area contributed by atoms with Gasteiger partial charge in [-0.3, -0.25) is 9.48 Å². The third-order valence-electron chi connectivity index (χ3n) is 5.27. The second-order valence-corrected chi connectivity index (χ2v) is 7.71. The third-order valence-corrected chi connectivity index (χ3v) is 5.57. The Morgan fingerprint density at radius 1 is 1.21 bits per heavy atom. The van der Waals surface area contributed by atoms with Crippen molar-refractivity contribution >= 4 is 35.6 Å². The molecule has 1 aliphatic heterocycles. The maximum absolute atomic E-state index is 12.5. The van der Waals surface area contributed by atoms with Gasteiger partial charge in [0.25, 0.3) is 5.91 Å². The van der Waals surface area contributed by atoms with E-state index in [2.05, 4.69) is 15.7 Å². The Labute approximate surface area is 176 Å². The van der Waals surface area contributed by atoms with Crippen molar-refractivity contribution in [1.29, 1.82) is 0 Å². The number of carbonyl (C=O) groups is 1. The van der Waals surface area contributed by atoms with E-state index in [1.165, 1.54) is 12.8 Å². The van der Waals surface area contributed by atoms with Crippen molar-refractivity contribution in [2.75, 3.05) is 18.4 Å². The van der Waals surface area contributed by atoms with Crippen LogP contribution in [0.15, 0.2) is 30.5 Å². The van der Waals surface area contributed by atoms with Gasteiger partial charge in [0, 0.05) is 18.4 Å². The average molecular weight is 425 g/mol. The normalized spacial score (nSPS) is 19.8. The van der Waals surface area contributed by atoms with Crippen molar-refractivity contribution < 1.29 is 9.53 Å². The van der Waals surface area contributed by atoms with Crippen molar-refractivity contribution in [1.82, 2.24) is 15.1 Å². The Morgan fingerprint density at radius 3 is 2.75 bits per heavy atom. The molecule has 8 heteroatoms. The monoisotopic (exact) mass is 424 g/mol. The summed E-state index contributed by atoms with van der Waals surface area (Å²) < 4.78 is 7.84. The number of hydrogen-bond acceptors (Lipinski definition) is 4. The largest absolute Gasteiger partial charge is 0.489 e. The highest BCUT2D eigenvalue weighted by atomic mass is 35.5. The molecule has 1 unspecified atom stereocenters. The molecule has 1 amide bonds. The zero-order valence-electron chi connectivity index (χ0n) is 15.7. The summed E-state index contributed by atoms with van der Waals surface area (Å²) in [5, 5.41) is 11.2. The van der Waals surface area contributed by atoms with Gasteiger partial charge in [0.05, 0.1) is 17.2 Å². The second kappa shape index (κ2) is 9.63. The third kappa shape index (κ3) is 4.99. The number of aromatic nitrogens is 2. The van der Waals surface area contributed by atoms with Gasteiger partial charge >= 0.3 is 0 Å². The lowest BCUT2D eigenvalue weighted by Gasteiger charge is -2.22. The van der Waals surface area contributed by atoms with Crippen molar-refractivity contribution in [3.63, 3.8) is 0 Å². The van der Waals surface area contributed by atoms with E-state index in [9.17, 15) is 4.79 Å². The minimum atomic E-state index is -0.238. The topological polar surface area (TPSA) is 68.2 Å². The number of benzene rings is 1. The smallest absolute Gasteiger partial charge is 0.276 e. The molecule has 2 aromatic rings. The molecule has 2 N–H and O–H groups in total. The zero-order valence-corrected chi connectivity index (χ0v) is 17.3. The van der Waals surface area contributed by atoms with E-state index < -0.39 is 0 Å². The number of hydrogen-bond donors (Lipinski definition) is 2. The standard InChI is InChI=1S/C20H25ClN4O2.ClH/c21-17-12-14(7-8-19(17)27-16-5-1-2-6-16)23-20(26)18-9-11-25(24-18)15-4-3-10-22-13-15;/h7-9,11-12,15-16,22H,1-6,10,13H2,(H,23,26);1H. The van der Waals surface area contributed by atoms with E-state index in [0.29, 0.717) is 28.2 Å². The molecule has 1 saturated heterocycles. The molecule has 152 valence electrons. The van der Waals surface area contributed by atoms with E-state index in [-0.39, 0.29) is 24.4 Å². The van der Waals surface area contributed by atoms with Crippen LogP contribution in [0.2, 0.25) is 5.02 Å². The average Bonchev–Trinajstić information content (AvgIpc) is 3.37. The maximum atomic E-state index is 12.5. The van der Waals surface area contributed by atoms with Crippen LogP contribution in [0.25, 0.3) is 0 Å². The van der Waals surface area contributed by atoms with Gasteiger partial charge in [-0.05, 0) is 69.3 Å². The van der Waals surface area contributed by atoms with Crippen LogP contribution in [-0.2, 0) is 0 Å². The molecule has 0 spiro atoms. The molecule has 1 aromatic heterocycles. The van der Waals surface area contributed by atoms with E-state index in [4.69, 9.17) is 16.3 Å². The van der Waals surface area contributed by atoms with E-state index >= 15 is 0 Å². The summed E-state index contributed by atoms with van der Waals surface area (Å²) in [5.41, 5.74) is 1.04. The molecule has 2 aliphatic rings. The fourth-order valence-electron chi connectivity index (χ4n) is 3.78. The van der Waals surface area contributed by atoms with Gasteiger partial charge in [0.1, 0.15) is 5.75 Å². The van der Waals surface area contributed by atoms with Crippen molar-refractivity contribution in [2.24, 2.45) is 0 Å². The molecule has 28 heavy (non-hydrogen) atoms. The van der Waals surface area contributed by atoms with Crippen LogP contribution in [0.5, 0.6) is 5.75 Å². The molecule has 2 heterocycles. The first-order chi connectivity index (χ1) is 13.2. The highest BCUT2D eigenvalue weighted by molar-refractivity contribution is 6.32. The molecule has 4 rings (SSSR count). The number of rotatable bonds is 5. The molecule has 6 nitrogen and oxygen atoms in total. The zero-order chi connectivity index (χ0) is 18.6. The molecule has 1 aliphatic carbocycles. The van der Waals surface area contributed by atoms with Crippen molar-refractivity contribution in [3.05, 3.63) is 41.2 Å². The summed E-state index contributed by atoms with van der Waals surface area (Å²) in [6.45, 7) is 1.94. The lowest BCUT2D eigenvalue weighted by molar-refractivity contribution is 0.102. The van der Waals surface area contributed by atoms with Gasteiger partial charge in [0.2, 0.25) is 0 Å². The fraction of sp³-hybridized carbons (Fsp3) is 0.500. The minimum Gasteiger partial charge on any atom is -0.489 e. The number of ether oxygens (including phenoxy) is 1. The molecule has 0 bridgehead atoms. The lowest BCUT2D eigenvalue weighted by Crippen LogP contribution is -2.32. The van der Waals surface area contributed by atoms with Crippen LogP contribution in [0.4, 0.5) is 5.69 Å². The maximum Gasteiger partial charge on any atom is 0.276 e. The Hall–Kier alpha value is -1.76. The summed E-state index contributed by atoms with van der Waals surface area (Å²) in [6.07, 6.45) is 8.90. The first-order valence-electron chi connectivity index (χ1n) is 9.72. The van der Waals surface area contributed by atoms with Crippen LogP contribution < -0.4 is 15.4 Å². The first kappa shape index (κ1) is 21.0. The predicted molar refractivity (Wildman–Crippen MR) is 113 cm³/mol. The summed E-state index contributed by atoms with van der Waals surface area (Å²) in [7, 11) is 0. The predicted octanol–water partition coefficient (Wildman–Crippen LogP) is 4.46. The summed E-state index contributed by atoms with van der Waals surface area (Å²) in [4.78, 5) is 12.5. The summed E-state index contributed by atoms with van der Waals surface area (Å²) in [6, 6.07) is 7.43. The number of amides is 1. The Bertz CT molecular complexity index is 799. The molecule has 1 aromatic carbocycles. The molecule has 0 radical (unpaired) electrons. The van der Waals surface area contributed by atoms with Gasteiger partial charge in [-0.2, -0.15) is 5.10 Å². The minimum absolute atomic E-state index is 0. The molecular weight excluding hydrogens is 399 g/mol. The number of carbonyl (C=O) groups excluding carboxylic acids is 1. The number of anilines is 1. The van der Waals surface area contributed by atoms with Crippen LogP contribution in [-0.4, -0.2) is 34.9 Å². The highest BCUT2D eigenvalue weighted by Crippen LogP contribution is 2.31. The van der Waals surface area contributed by atoms with E-state index in [1.807, 2.05) is 23.0 Å². The molecule has 2 fully saturated rings. The molecule has 1 saturated carbocycles. The van der Waals surface area contributed by atoms with E-state index in [1.54, 1.807) is 12.1 Å². The quantitative estimate of drug-likeness (QED) is 0.743. The Balaban J connectivity index is 0.00000225. The van der Waals surface area contributed by atoms with Crippen LogP contribution in [0.3, 0.4) is 0 Å². The number of nitrogens with one attached hydrogen (secondary N) is 2. The Kier molecular flexibility index (Phi) is 7.21. The number of nitrogens with zero attached hydrogens (tertiary/aromatic N) is 2. The molecule has 1 atom stereocenters. The lowest BCUT2D eigenvalue weighted by atomic mass is 10.1. The SMILES string of the molecule is Cl.O=C(Nc1ccc(OC2CCCC2)c(Cl)c1)c1ccn(C2CCCNC2)n1. The van der Waals surface area contributed by atoms with Crippen LogP contribution in [0.1, 0.15) is 55.1 Å². The summed E-state index contributed by atoms with van der Waals surface area (Å²) >= 11 is 6.34. The van der Waals surface area contributed by atoms with Gasteiger partial charge in [-0.1, -0.05) is 11.6 Å². The van der Waals surface area contributed by atoms with Gasteiger partial charge in [-0.25, -0.2) is 0 Å². The fourth-order valence-corrected chi connectivity index (χ4v) is 4.00. The highest BCUT2D eigenvalue weighted by Gasteiger charge is 2.19. The Morgan fingerprint density at radius 2 is 2.04 bits per heavy atom. The van der Waals surface area contributed by atoms with Gasteiger partial charge in [0.15, 0.2) is 5.69 Å². The molecular formula is C20H26Cl2N4O2. The first-order valence-corrected chi connectivity index (χ1v) is 10.1. The van der Waals surface area contributed by atoms with E-state index in [0.717, 1.165) is 38.8 Å². The van der Waals surface area contributed by atoms with Crippen molar-refractivity contribution in [2.45, 2.75) is 50.7 Å². The van der Waals surface area contributed by atoms with Crippen LogP contribution in [0, 0.1) is 0 Å². The number of halogens is 2. The second-order valence-electron chi connectivity index (χ2n) is 7.30.